The first-order valence-electron chi connectivity index (χ1n) is 13.0. The molecule has 36 heavy (non-hydrogen) atoms. The van der Waals surface area contributed by atoms with E-state index in [0.29, 0.717) is 30.1 Å². The molecule has 2 unspecified atom stereocenters. The fourth-order valence-corrected chi connectivity index (χ4v) is 5.96. The van der Waals surface area contributed by atoms with Crippen molar-refractivity contribution in [3.05, 3.63) is 65.7 Å². The highest BCUT2D eigenvalue weighted by atomic mass is 16.5. The number of fused-ring (bicyclic) bond motifs is 4. The van der Waals surface area contributed by atoms with Crippen molar-refractivity contribution in [1.82, 2.24) is 5.32 Å². The highest BCUT2D eigenvalue weighted by molar-refractivity contribution is 6.09. The Labute approximate surface area is 212 Å². The number of hydrogen-bond acceptors (Lipinski definition) is 5. The minimum atomic E-state index is -0.891. The fourth-order valence-electron chi connectivity index (χ4n) is 5.96. The maximum absolute atomic E-state index is 13.4. The van der Waals surface area contributed by atoms with Crippen molar-refractivity contribution >= 4 is 34.3 Å². The number of rotatable bonds is 5. The van der Waals surface area contributed by atoms with Gasteiger partial charge in [-0.2, -0.15) is 0 Å². The lowest BCUT2D eigenvalue weighted by atomic mass is 9.77. The third-order valence-electron chi connectivity index (χ3n) is 7.96. The molecule has 0 radical (unpaired) electrons. The van der Waals surface area contributed by atoms with Crippen LogP contribution in [0.25, 0.3) is 10.8 Å². The Morgan fingerprint density at radius 2 is 1.97 bits per heavy atom. The zero-order chi connectivity index (χ0) is 24.9. The van der Waals surface area contributed by atoms with Gasteiger partial charge >= 0.3 is 0 Å². The maximum Gasteiger partial charge on any atom is 0.255 e. The van der Waals surface area contributed by atoms with E-state index >= 15 is 0 Å². The molecule has 1 N–H and O–H groups in total. The Morgan fingerprint density at radius 3 is 2.78 bits per heavy atom. The molecule has 0 aliphatic carbocycles. The van der Waals surface area contributed by atoms with Crippen LogP contribution in [0.5, 0.6) is 5.75 Å². The molecule has 6 heteroatoms. The molecule has 3 heterocycles. The number of nitrogens with zero attached hydrogens (tertiary/aromatic N) is 2. The average molecular weight is 484 g/mol. The average Bonchev–Trinajstić information content (AvgIpc) is 3.47. The van der Waals surface area contributed by atoms with Gasteiger partial charge in [-0.25, -0.2) is 0 Å². The van der Waals surface area contributed by atoms with E-state index in [0.717, 1.165) is 42.3 Å². The first-order chi connectivity index (χ1) is 17.5. The fraction of sp³-hybridized carbons (Fsp3) is 0.400. The summed E-state index contributed by atoms with van der Waals surface area (Å²) < 4.78 is 13.2. The summed E-state index contributed by atoms with van der Waals surface area (Å²) in [4.78, 5) is 20.8. The van der Waals surface area contributed by atoms with Gasteiger partial charge in [-0.15, -0.1) is 0 Å². The third-order valence-corrected chi connectivity index (χ3v) is 7.96. The number of aliphatic imine (C=N–C) groups is 1. The second-order valence-corrected chi connectivity index (χ2v) is 10.5. The number of amides is 1. The molecule has 1 spiro atoms. The van der Waals surface area contributed by atoms with Gasteiger partial charge in [0.25, 0.3) is 5.91 Å². The van der Waals surface area contributed by atoms with Crippen molar-refractivity contribution in [3.8, 4) is 5.75 Å². The van der Waals surface area contributed by atoms with Gasteiger partial charge in [0.1, 0.15) is 5.69 Å². The summed E-state index contributed by atoms with van der Waals surface area (Å²) in [5.74, 6) is 0.410. The van der Waals surface area contributed by atoms with Gasteiger partial charge in [0, 0.05) is 30.8 Å². The van der Waals surface area contributed by atoms with Gasteiger partial charge in [0.2, 0.25) is 5.72 Å². The molecule has 3 aliphatic heterocycles. The van der Waals surface area contributed by atoms with Crippen molar-refractivity contribution in [2.24, 2.45) is 4.99 Å². The molecule has 2 atom stereocenters. The maximum atomic E-state index is 13.4. The number of ether oxygens (including phenoxy) is 2. The van der Waals surface area contributed by atoms with Crippen LogP contribution in [0.4, 0.5) is 11.4 Å². The number of anilines is 1. The lowest BCUT2D eigenvalue weighted by molar-refractivity contribution is 0.0557. The van der Waals surface area contributed by atoms with E-state index in [1.807, 2.05) is 43.5 Å². The van der Waals surface area contributed by atoms with E-state index in [1.54, 1.807) is 0 Å². The van der Waals surface area contributed by atoms with E-state index in [4.69, 9.17) is 14.5 Å². The van der Waals surface area contributed by atoms with Gasteiger partial charge in [0.05, 0.1) is 23.3 Å². The van der Waals surface area contributed by atoms with E-state index in [-0.39, 0.29) is 12.0 Å². The molecular formula is C30H33N3O3. The molecule has 3 aliphatic rings. The Bertz CT molecular complexity index is 1360. The van der Waals surface area contributed by atoms with E-state index < -0.39 is 11.1 Å². The summed E-state index contributed by atoms with van der Waals surface area (Å²) in [6.07, 6.45) is 5.05. The molecule has 1 fully saturated rings. The zero-order valence-corrected chi connectivity index (χ0v) is 21.2. The first-order valence-corrected chi connectivity index (χ1v) is 13.0. The molecule has 186 valence electrons. The highest BCUT2D eigenvalue weighted by Gasteiger charge is 2.60. The minimum Gasteiger partial charge on any atom is -0.459 e. The quantitative estimate of drug-likeness (QED) is 0.502. The monoisotopic (exact) mass is 483 g/mol. The Balaban J connectivity index is 1.53. The van der Waals surface area contributed by atoms with Crippen molar-refractivity contribution in [2.45, 2.75) is 57.3 Å². The number of carbonyl (C=O) groups excluding carboxylic acids is 1. The summed E-state index contributed by atoms with van der Waals surface area (Å²) in [5.41, 5.74) is 2.26. The van der Waals surface area contributed by atoms with Crippen molar-refractivity contribution < 1.29 is 14.3 Å². The van der Waals surface area contributed by atoms with Crippen molar-refractivity contribution in [1.29, 1.82) is 0 Å². The topological polar surface area (TPSA) is 63.2 Å². The summed E-state index contributed by atoms with van der Waals surface area (Å²) in [6, 6.07) is 18.5. The van der Waals surface area contributed by atoms with Gasteiger partial charge < -0.3 is 19.7 Å². The Hall–Kier alpha value is -3.38. The van der Waals surface area contributed by atoms with Crippen LogP contribution < -0.4 is 15.0 Å². The Kier molecular flexibility index (Phi) is 5.52. The smallest absolute Gasteiger partial charge is 0.255 e. The van der Waals surface area contributed by atoms with Crippen molar-refractivity contribution in [2.75, 3.05) is 24.6 Å². The minimum absolute atomic E-state index is 0.131. The van der Waals surface area contributed by atoms with E-state index in [1.165, 1.54) is 5.56 Å². The number of benzene rings is 3. The highest BCUT2D eigenvalue weighted by Crippen LogP contribution is 2.55. The van der Waals surface area contributed by atoms with Crippen LogP contribution in [0, 0.1) is 0 Å². The number of para-hydroxylation sites is 1. The Morgan fingerprint density at radius 1 is 1.17 bits per heavy atom. The van der Waals surface area contributed by atoms with Crippen LogP contribution in [-0.2, 0) is 10.2 Å². The second-order valence-electron chi connectivity index (χ2n) is 10.5. The van der Waals surface area contributed by atoms with Crippen LogP contribution in [0.1, 0.15) is 56.0 Å². The summed E-state index contributed by atoms with van der Waals surface area (Å²) in [7, 11) is 0. The molecular weight excluding hydrogens is 450 g/mol. The first kappa shape index (κ1) is 23.0. The van der Waals surface area contributed by atoms with Crippen LogP contribution in [0.15, 0.2) is 59.6 Å². The predicted octanol–water partition coefficient (Wildman–Crippen LogP) is 5.75. The standard InChI is InChI=1S/C30H33N3O3/c1-4-15-31-28(34)23-17-20-10-5-6-12-22(20)26-27(23)36-30(19-32-26)29(2,3)24-13-7-8-14-25(24)33(30)18-21-11-9-16-35-21/h5-8,10,12-14,17,19,21H,4,9,11,15-16,18H2,1-3H3,(H,31,34). The largest absolute Gasteiger partial charge is 0.459 e. The number of hydrogen-bond donors (Lipinski definition) is 1. The third kappa shape index (κ3) is 3.34. The summed E-state index contributed by atoms with van der Waals surface area (Å²) in [6.45, 7) is 8.56. The number of nitrogens with one attached hydrogen (secondary N) is 1. The SMILES string of the molecule is CCCNC(=O)c1cc2ccccc2c2c1OC1(C=N2)N(CC2CCCO2)c2ccccc2C1(C)C. The number of carbonyl (C=O) groups is 1. The van der Waals surface area contributed by atoms with Gasteiger partial charge in [0.15, 0.2) is 5.75 Å². The summed E-state index contributed by atoms with van der Waals surface area (Å²) >= 11 is 0. The van der Waals surface area contributed by atoms with Gasteiger partial charge in [-0.05, 0) is 56.2 Å². The van der Waals surface area contributed by atoms with E-state index in [9.17, 15) is 4.79 Å². The van der Waals surface area contributed by atoms with E-state index in [2.05, 4.69) is 48.3 Å². The molecule has 3 aromatic rings. The van der Waals surface area contributed by atoms with Crippen LogP contribution in [0.3, 0.4) is 0 Å². The molecule has 0 saturated carbocycles. The van der Waals surface area contributed by atoms with Gasteiger partial charge in [-0.3, -0.25) is 9.79 Å². The lowest BCUT2D eigenvalue weighted by Gasteiger charge is -2.47. The normalized spacial score (nSPS) is 23.5. The molecule has 0 aromatic heterocycles. The molecule has 6 nitrogen and oxygen atoms in total. The summed E-state index contributed by atoms with van der Waals surface area (Å²) in [5, 5.41) is 4.99. The molecule has 1 amide bonds. The zero-order valence-electron chi connectivity index (χ0n) is 21.2. The lowest BCUT2D eigenvalue weighted by Crippen LogP contribution is -2.63. The predicted molar refractivity (Wildman–Crippen MR) is 144 cm³/mol. The van der Waals surface area contributed by atoms with Crippen molar-refractivity contribution in [3.63, 3.8) is 0 Å². The van der Waals surface area contributed by atoms with Crippen LogP contribution in [0.2, 0.25) is 0 Å². The van der Waals surface area contributed by atoms with Crippen LogP contribution in [-0.4, -0.2) is 43.6 Å². The molecule has 0 bridgehead atoms. The van der Waals surface area contributed by atoms with Crippen LogP contribution >= 0.6 is 0 Å². The molecule has 3 aromatic carbocycles. The second kappa shape index (κ2) is 8.63. The van der Waals surface area contributed by atoms with Gasteiger partial charge in [-0.1, -0.05) is 49.4 Å². The molecule has 6 rings (SSSR count). The molecule has 1 saturated heterocycles.